The van der Waals surface area contributed by atoms with Crippen LogP contribution in [0.15, 0.2) is 23.3 Å². The summed E-state index contributed by atoms with van der Waals surface area (Å²) in [6.07, 6.45) is 7.73. The van der Waals surface area contributed by atoms with E-state index in [4.69, 9.17) is 0 Å². The second-order valence-electron chi connectivity index (χ2n) is 14.8. The summed E-state index contributed by atoms with van der Waals surface area (Å²) in [6.45, 7) is 29.3. The zero-order valence-electron chi connectivity index (χ0n) is 26.4. The highest BCUT2D eigenvalue weighted by Gasteiger charge is 2.40. The van der Waals surface area contributed by atoms with E-state index in [1.165, 1.54) is 55.2 Å². The maximum Gasteiger partial charge on any atom is 0.107 e. The Hall–Kier alpha value is -2.32. The molecule has 2 nitrogen and oxygen atoms in total. The van der Waals surface area contributed by atoms with Gasteiger partial charge in [0.25, 0.3) is 0 Å². The van der Waals surface area contributed by atoms with Crippen LogP contribution in [0.5, 0.6) is 0 Å². The number of hydrogen-bond donors (Lipinski definition) is 0. The Kier molecular flexibility index (Phi) is 7.10. The zero-order chi connectivity index (χ0) is 28.5. The average molecular weight is 513 g/mol. The Morgan fingerprint density at radius 2 is 1.32 bits per heavy atom. The lowest BCUT2D eigenvalue weighted by Gasteiger charge is -2.38. The van der Waals surface area contributed by atoms with Crippen molar-refractivity contribution in [2.24, 2.45) is 0 Å². The van der Waals surface area contributed by atoms with Crippen LogP contribution < -0.4 is 5.06 Å². The maximum absolute atomic E-state index is 15.0. The molecule has 2 aromatic rings. The van der Waals surface area contributed by atoms with Crippen LogP contribution in [-0.4, -0.2) is 0 Å². The quantitative estimate of drug-likeness (QED) is 0.374. The van der Waals surface area contributed by atoms with E-state index in [0.717, 1.165) is 36.1 Å². The van der Waals surface area contributed by atoms with E-state index >= 15 is 5.21 Å². The largest absolute Gasteiger partial charge is 0.208 e. The number of fused-ring (bicyclic) bond motifs is 2. The number of hydrogen-bond acceptors (Lipinski definition) is 1. The molecule has 2 aliphatic rings. The molecule has 0 N–H and O–H groups in total. The fraction of sp³-hybridized carbons (Fsp3) is 0.556. The van der Waals surface area contributed by atoms with Crippen molar-refractivity contribution in [3.63, 3.8) is 0 Å². The fourth-order valence-corrected chi connectivity index (χ4v) is 6.40. The molecule has 2 aromatic carbocycles. The first kappa shape index (κ1) is 28.7. The lowest BCUT2D eigenvalue weighted by molar-refractivity contribution is 0.136. The van der Waals surface area contributed by atoms with E-state index in [2.05, 4.69) is 114 Å². The molecule has 2 heteroatoms. The second-order valence-corrected chi connectivity index (χ2v) is 14.8. The van der Waals surface area contributed by atoms with Crippen molar-refractivity contribution >= 4 is 17.8 Å². The van der Waals surface area contributed by atoms with Gasteiger partial charge < -0.3 is 0 Å². The summed E-state index contributed by atoms with van der Waals surface area (Å²) in [7, 11) is 0. The van der Waals surface area contributed by atoms with Crippen molar-refractivity contribution in [1.82, 2.24) is 0 Å². The molecule has 0 fully saturated rings. The molecule has 38 heavy (non-hydrogen) atoms. The van der Waals surface area contributed by atoms with Crippen molar-refractivity contribution in [2.45, 2.75) is 132 Å². The second kappa shape index (κ2) is 9.40. The minimum absolute atomic E-state index is 0.00173. The molecule has 1 radical (unpaired) electrons. The van der Waals surface area contributed by atoms with Gasteiger partial charge in [-0.15, -0.1) is 0 Å². The molecule has 0 saturated carbocycles. The van der Waals surface area contributed by atoms with E-state index in [0.29, 0.717) is 0 Å². The van der Waals surface area contributed by atoms with Gasteiger partial charge in [-0.1, -0.05) is 111 Å². The van der Waals surface area contributed by atoms with E-state index < -0.39 is 0 Å². The molecule has 205 valence electrons. The van der Waals surface area contributed by atoms with Gasteiger partial charge in [0.05, 0.1) is 5.69 Å². The predicted octanol–water partition coefficient (Wildman–Crippen LogP) is 10.2. The normalized spacial score (nSPS) is 17.4. The molecular formula is C36H50NO. The summed E-state index contributed by atoms with van der Waals surface area (Å²) >= 11 is 0. The van der Waals surface area contributed by atoms with Crippen LogP contribution in [0.2, 0.25) is 0 Å². The molecule has 0 amide bonds. The molecular weight excluding hydrogens is 462 g/mol. The molecule has 1 unspecified atom stereocenters. The van der Waals surface area contributed by atoms with Gasteiger partial charge in [0.1, 0.15) is 6.04 Å². The highest BCUT2D eigenvalue weighted by molar-refractivity contribution is 5.81. The molecule has 0 bridgehead atoms. The third kappa shape index (κ3) is 4.68. The van der Waals surface area contributed by atoms with E-state index in [1.54, 1.807) is 0 Å². The first-order valence-electron chi connectivity index (χ1n) is 14.6. The van der Waals surface area contributed by atoms with Gasteiger partial charge in [-0.2, -0.15) is 0 Å². The molecule has 0 heterocycles. The summed E-state index contributed by atoms with van der Waals surface area (Å²) in [5.74, 6) is 0. The zero-order valence-corrected chi connectivity index (χ0v) is 26.4. The Balaban J connectivity index is 2.03. The predicted molar refractivity (Wildman–Crippen MR) is 165 cm³/mol. The highest BCUT2D eigenvalue weighted by atomic mass is 16.5. The summed E-state index contributed by atoms with van der Waals surface area (Å²) in [5, 5.41) is 16.4. The first-order chi connectivity index (χ1) is 17.4. The lowest BCUT2D eigenvalue weighted by Crippen LogP contribution is -2.32. The van der Waals surface area contributed by atoms with Crippen LogP contribution in [0.4, 0.5) is 5.69 Å². The molecule has 0 aliphatic heterocycles. The average Bonchev–Trinajstić information content (AvgIpc) is 3.42. The van der Waals surface area contributed by atoms with Crippen LogP contribution in [0, 0.1) is 13.8 Å². The standard InChI is InChI=1S/C36H50NO/c1-14-23-16-26-21(3)28-18-24(15-2)32(31(28)22(4)27(26)17-23)37(38)33-29(35(8,9)10)19-25(34(5,6)7)20-30(33)36(11,12)13/h17-20,32H,14-16H2,1-13H3. The van der Waals surface area contributed by atoms with Crippen LogP contribution in [-0.2, 0) is 27.9 Å². The van der Waals surface area contributed by atoms with Crippen LogP contribution in [0.25, 0.3) is 12.2 Å². The van der Waals surface area contributed by atoms with Gasteiger partial charge in [0.15, 0.2) is 0 Å². The molecule has 0 aromatic heterocycles. The minimum Gasteiger partial charge on any atom is -0.208 e. The van der Waals surface area contributed by atoms with E-state index in [-0.39, 0.29) is 22.3 Å². The summed E-state index contributed by atoms with van der Waals surface area (Å²) < 4.78 is 0. The highest BCUT2D eigenvalue weighted by Crippen LogP contribution is 2.51. The van der Waals surface area contributed by atoms with Crippen molar-refractivity contribution in [3.05, 3.63) is 73.4 Å². The molecule has 2 aliphatic carbocycles. The Labute approximate surface area is 232 Å². The minimum atomic E-state index is -0.291. The monoisotopic (exact) mass is 512 g/mol. The van der Waals surface area contributed by atoms with Crippen LogP contribution >= 0.6 is 0 Å². The summed E-state index contributed by atoms with van der Waals surface area (Å²) in [5.41, 5.74) is 14.8. The van der Waals surface area contributed by atoms with Crippen LogP contribution in [0.3, 0.4) is 0 Å². The first-order valence-corrected chi connectivity index (χ1v) is 14.6. The summed E-state index contributed by atoms with van der Waals surface area (Å²) in [4.78, 5) is 0. The molecule has 0 saturated heterocycles. The van der Waals surface area contributed by atoms with Gasteiger partial charge >= 0.3 is 0 Å². The Bertz CT molecular complexity index is 1300. The number of allylic oxidation sites excluding steroid dienone is 1. The lowest BCUT2D eigenvalue weighted by atomic mass is 9.73. The van der Waals surface area contributed by atoms with Crippen molar-refractivity contribution in [3.8, 4) is 0 Å². The number of anilines is 1. The van der Waals surface area contributed by atoms with Gasteiger partial charge in [0.2, 0.25) is 0 Å². The van der Waals surface area contributed by atoms with Crippen LogP contribution in [0.1, 0.15) is 145 Å². The van der Waals surface area contributed by atoms with Gasteiger partial charge in [0, 0.05) is 0 Å². The Morgan fingerprint density at radius 3 is 1.76 bits per heavy atom. The third-order valence-corrected chi connectivity index (χ3v) is 8.90. The number of benzene rings is 2. The molecule has 4 rings (SSSR count). The van der Waals surface area contributed by atoms with E-state index in [1.807, 2.05) is 0 Å². The molecule has 0 spiro atoms. The fourth-order valence-electron chi connectivity index (χ4n) is 6.40. The number of nitrogens with zero attached hydrogens (tertiary/aromatic N) is 1. The van der Waals surface area contributed by atoms with Gasteiger partial charge in [-0.05, 0) is 105 Å². The number of hydroxylamine groups is 1. The number of rotatable bonds is 4. The topological polar surface area (TPSA) is 23.1 Å². The SMILES string of the molecule is CCC1=Cc2c(C)c3c(c(C)c2C1)C=C(CC)C3N([O])c1c(C(C)(C)C)cc(C(C)(C)C)cc1C(C)(C)C. The van der Waals surface area contributed by atoms with Crippen molar-refractivity contribution < 1.29 is 5.21 Å². The maximum atomic E-state index is 15.0. The van der Waals surface area contributed by atoms with Gasteiger partial charge in [-0.25, -0.2) is 5.06 Å². The van der Waals surface area contributed by atoms with Crippen molar-refractivity contribution in [2.75, 3.05) is 5.06 Å². The summed E-state index contributed by atoms with van der Waals surface area (Å²) in [6, 6.07) is 4.34. The smallest absolute Gasteiger partial charge is 0.107 e. The molecule has 1 atom stereocenters. The van der Waals surface area contributed by atoms with Gasteiger partial charge in [-0.3, -0.25) is 0 Å². The van der Waals surface area contributed by atoms with E-state index in [9.17, 15) is 0 Å². The van der Waals surface area contributed by atoms with Crippen molar-refractivity contribution in [1.29, 1.82) is 0 Å². The Morgan fingerprint density at radius 1 is 0.763 bits per heavy atom. The third-order valence-electron chi connectivity index (χ3n) is 8.90.